The average Bonchev–Trinajstić information content (AvgIpc) is 2.95. The molecule has 2 fully saturated rings. The monoisotopic (exact) mass is 284 g/mol. The van der Waals surface area contributed by atoms with Crippen molar-refractivity contribution in [3.8, 4) is 0 Å². The molecule has 0 bridgehead atoms. The second kappa shape index (κ2) is 7.04. The van der Waals surface area contributed by atoms with Crippen molar-refractivity contribution >= 4 is 11.8 Å². The molecule has 114 valence electrons. The number of nitrogens with zero attached hydrogens (tertiary/aromatic N) is 1. The molecule has 0 aromatic carbocycles. The fourth-order valence-electron chi connectivity index (χ4n) is 3.02. The van der Waals surface area contributed by atoms with E-state index in [-0.39, 0.29) is 24.5 Å². The van der Waals surface area contributed by atoms with Crippen LogP contribution in [0.25, 0.3) is 0 Å². The van der Waals surface area contributed by atoms with Gasteiger partial charge in [-0.3, -0.25) is 9.59 Å². The van der Waals surface area contributed by atoms with Gasteiger partial charge in [0.25, 0.3) is 0 Å². The van der Waals surface area contributed by atoms with Crippen LogP contribution in [0.5, 0.6) is 0 Å². The fourth-order valence-corrected chi connectivity index (χ4v) is 3.02. The maximum Gasteiger partial charge on any atom is 0.248 e. The van der Waals surface area contributed by atoms with Crippen molar-refractivity contribution in [2.45, 2.75) is 44.8 Å². The maximum absolute atomic E-state index is 11.8. The Morgan fingerprint density at radius 1 is 1.25 bits per heavy atom. The Labute approximate surface area is 119 Å². The van der Waals surface area contributed by atoms with Gasteiger partial charge in [-0.15, -0.1) is 0 Å². The summed E-state index contributed by atoms with van der Waals surface area (Å²) in [7, 11) is 0. The van der Waals surface area contributed by atoms with Crippen LogP contribution >= 0.6 is 0 Å². The summed E-state index contributed by atoms with van der Waals surface area (Å²) in [6, 6.07) is 0. The Balaban J connectivity index is 1.74. The van der Waals surface area contributed by atoms with Gasteiger partial charge in [0.2, 0.25) is 11.8 Å². The summed E-state index contributed by atoms with van der Waals surface area (Å²) in [5.74, 6) is 0.125. The zero-order valence-corrected chi connectivity index (χ0v) is 12.0. The van der Waals surface area contributed by atoms with Crippen molar-refractivity contribution < 1.29 is 19.1 Å². The predicted molar refractivity (Wildman–Crippen MR) is 72.9 cm³/mol. The largest absolute Gasteiger partial charge is 0.372 e. The second-order valence-corrected chi connectivity index (χ2v) is 5.50. The van der Waals surface area contributed by atoms with E-state index < -0.39 is 6.10 Å². The molecule has 2 atom stereocenters. The summed E-state index contributed by atoms with van der Waals surface area (Å²) in [6.07, 6.45) is 3.17. The van der Waals surface area contributed by atoms with E-state index in [4.69, 9.17) is 15.2 Å². The van der Waals surface area contributed by atoms with Gasteiger partial charge in [-0.05, 0) is 38.5 Å². The third-order valence-electron chi connectivity index (χ3n) is 4.22. The van der Waals surface area contributed by atoms with Gasteiger partial charge in [-0.2, -0.15) is 0 Å². The Hall–Kier alpha value is -1.14. The molecule has 0 saturated carbocycles. The molecular weight excluding hydrogens is 260 g/mol. The number of likely N-dealkylation sites (tertiary alicyclic amines) is 1. The number of carbonyl (C=O) groups is 2. The molecule has 2 rings (SSSR count). The van der Waals surface area contributed by atoms with Crippen molar-refractivity contribution in [1.82, 2.24) is 4.90 Å². The van der Waals surface area contributed by atoms with Gasteiger partial charge in [-0.25, -0.2) is 0 Å². The third-order valence-corrected chi connectivity index (χ3v) is 4.22. The van der Waals surface area contributed by atoms with Crippen LogP contribution in [0.3, 0.4) is 0 Å². The van der Waals surface area contributed by atoms with Crippen LogP contribution in [0.1, 0.15) is 32.6 Å². The lowest BCUT2D eigenvalue weighted by Gasteiger charge is -2.34. The molecule has 0 aliphatic carbocycles. The minimum absolute atomic E-state index is 0.0626. The molecule has 2 N–H and O–H groups in total. The lowest BCUT2D eigenvalue weighted by Crippen LogP contribution is -2.43. The molecular formula is C14H24N2O4. The molecule has 0 aromatic heterocycles. The van der Waals surface area contributed by atoms with E-state index >= 15 is 0 Å². The SMILES string of the molecule is CCOCC(=O)N1CCC([C@@H]2CC[C@H](C(N)=O)O2)CC1. The molecule has 0 spiro atoms. The van der Waals surface area contributed by atoms with Crippen molar-refractivity contribution in [1.29, 1.82) is 0 Å². The summed E-state index contributed by atoms with van der Waals surface area (Å²) < 4.78 is 10.9. The van der Waals surface area contributed by atoms with Crippen LogP contribution in [0.2, 0.25) is 0 Å². The van der Waals surface area contributed by atoms with E-state index in [1.807, 2.05) is 11.8 Å². The Morgan fingerprint density at radius 3 is 2.50 bits per heavy atom. The molecule has 6 heteroatoms. The predicted octanol–water partition coefficient (Wildman–Crippen LogP) is 0.294. The quantitative estimate of drug-likeness (QED) is 0.787. The number of hydrogen-bond donors (Lipinski definition) is 1. The van der Waals surface area contributed by atoms with Crippen molar-refractivity contribution in [3.63, 3.8) is 0 Å². The fraction of sp³-hybridized carbons (Fsp3) is 0.857. The molecule has 20 heavy (non-hydrogen) atoms. The number of carbonyl (C=O) groups excluding carboxylic acids is 2. The van der Waals surface area contributed by atoms with Gasteiger partial charge in [-0.1, -0.05) is 0 Å². The van der Waals surface area contributed by atoms with E-state index in [1.54, 1.807) is 0 Å². The maximum atomic E-state index is 11.8. The van der Waals surface area contributed by atoms with Crippen LogP contribution in [-0.2, 0) is 19.1 Å². The normalized spacial score (nSPS) is 27.8. The summed E-state index contributed by atoms with van der Waals surface area (Å²) in [5, 5.41) is 0. The van der Waals surface area contributed by atoms with Crippen molar-refractivity contribution in [2.75, 3.05) is 26.3 Å². The van der Waals surface area contributed by atoms with E-state index in [0.717, 1.165) is 38.8 Å². The highest BCUT2D eigenvalue weighted by Gasteiger charge is 2.36. The first-order valence-corrected chi connectivity index (χ1v) is 7.42. The van der Waals surface area contributed by atoms with Gasteiger partial charge in [0.15, 0.2) is 0 Å². The van der Waals surface area contributed by atoms with Crippen LogP contribution in [0.15, 0.2) is 0 Å². The van der Waals surface area contributed by atoms with Crippen LogP contribution in [-0.4, -0.2) is 55.2 Å². The lowest BCUT2D eigenvalue weighted by molar-refractivity contribution is -0.138. The van der Waals surface area contributed by atoms with Gasteiger partial charge in [0.1, 0.15) is 12.7 Å². The summed E-state index contributed by atoms with van der Waals surface area (Å²) in [4.78, 5) is 24.8. The Morgan fingerprint density at radius 2 is 1.95 bits per heavy atom. The minimum Gasteiger partial charge on any atom is -0.372 e. The third kappa shape index (κ3) is 3.70. The highest BCUT2D eigenvalue weighted by atomic mass is 16.5. The molecule has 2 heterocycles. The highest BCUT2D eigenvalue weighted by molar-refractivity contribution is 5.79. The van der Waals surface area contributed by atoms with E-state index in [0.29, 0.717) is 12.5 Å². The van der Waals surface area contributed by atoms with E-state index in [1.165, 1.54) is 0 Å². The molecule has 2 amide bonds. The highest BCUT2D eigenvalue weighted by Crippen LogP contribution is 2.31. The first-order chi connectivity index (χ1) is 9.61. The molecule has 6 nitrogen and oxygen atoms in total. The van der Waals surface area contributed by atoms with Gasteiger partial charge >= 0.3 is 0 Å². The number of hydrogen-bond acceptors (Lipinski definition) is 4. The number of piperidine rings is 1. The summed E-state index contributed by atoms with van der Waals surface area (Å²) >= 11 is 0. The molecule has 0 unspecified atom stereocenters. The molecule has 2 saturated heterocycles. The summed E-state index contributed by atoms with van der Waals surface area (Å²) in [6.45, 7) is 4.11. The Bertz CT molecular complexity index is 353. The number of nitrogens with two attached hydrogens (primary N) is 1. The van der Waals surface area contributed by atoms with E-state index in [9.17, 15) is 9.59 Å². The molecule has 0 aromatic rings. The minimum atomic E-state index is -0.419. The molecule has 0 radical (unpaired) electrons. The topological polar surface area (TPSA) is 81.9 Å². The number of amides is 2. The van der Waals surface area contributed by atoms with Crippen LogP contribution in [0.4, 0.5) is 0 Å². The van der Waals surface area contributed by atoms with Crippen LogP contribution < -0.4 is 5.73 Å². The number of primary amides is 1. The smallest absolute Gasteiger partial charge is 0.248 e. The molecule has 2 aliphatic heterocycles. The van der Waals surface area contributed by atoms with Crippen LogP contribution in [0, 0.1) is 5.92 Å². The number of rotatable bonds is 5. The van der Waals surface area contributed by atoms with Gasteiger partial charge in [0, 0.05) is 19.7 Å². The second-order valence-electron chi connectivity index (χ2n) is 5.50. The standard InChI is InChI=1S/C14H24N2O4/c1-2-19-9-13(17)16-7-5-10(6-8-16)11-3-4-12(20-11)14(15)18/h10-12H,2-9H2,1H3,(H2,15,18)/t11-,12+/m0/s1. The Kier molecular flexibility index (Phi) is 5.37. The first kappa shape index (κ1) is 15.3. The van der Waals surface area contributed by atoms with E-state index in [2.05, 4.69) is 0 Å². The zero-order chi connectivity index (χ0) is 14.5. The molecule has 2 aliphatic rings. The van der Waals surface area contributed by atoms with Gasteiger partial charge < -0.3 is 20.1 Å². The van der Waals surface area contributed by atoms with Crippen molar-refractivity contribution in [3.05, 3.63) is 0 Å². The summed E-state index contributed by atoms with van der Waals surface area (Å²) in [5.41, 5.74) is 5.27. The van der Waals surface area contributed by atoms with Crippen molar-refractivity contribution in [2.24, 2.45) is 11.7 Å². The number of ether oxygens (including phenoxy) is 2. The lowest BCUT2D eigenvalue weighted by atomic mass is 9.89. The van der Waals surface area contributed by atoms with Gasteiger partial charge in [0.05, 0.1) is 6.10 Å². The average molecular weight is 284 g/mol. The zero-order valence-electron chi connectivity index (χ0n) is 12.0. The first-order valence-electron chi connectivity index (χ1n) is 7.42.